The predicted octanol–water partition coefficient (Wildman–Crippen LogP) is 3.33. The van der Waals surface area contributed by atoms with Crippen molar-refractivity contribution in [3.05, 3.63) is 52.2 Å². The largest absolute Gasteiger partial charge is 0.340 e. The summed E-state index contributed by atoms with van der Waals surface area (Å²) >= 11 is 2.62. The molecule has 0 aliphatic carbocycles. The van der Waals surface area contributed by atoms with Gasteiger partial charge in [-0.1, -0.05) is 41.2 Å². The van der Waals surface area contributed by atoms with Gasteiger partial charge in [0.05, 0.1) is 4.88 Å². The number of aromatic nitrogens is 2. The number of nitrogens with one attached hydrogen (secondary N) is 2. The normalized spacial score (nSPS) is 11.8. The zero-order valence-electron chi connectivity index (χ0n) is 13.6. The van der Waals surface area contributed by atoms with Gasteiger partial charge in [-0.05, 0) is 31.4 Å². The Kier molecular flexibility index (Phi) is 5.20. The fourth-order valence-corrected chi connectivity index (χ4v) is 3.49. The lowest BCUT2D eigenvalue weighted by atomic mass is 10.1. The molecule has 0 radical (unpaired) electrons. The highest BCUT2D eigenvalue weighted by Gasteiger charge is 2.19. The van der Waals surface area contributed by atoms with Crippen molar-refractivity contribution < 1.29 is 9.59 Å². The number of amides is 2. The molecule has 0 aliphatic rings. The molecule has 0 unspecified atom stereocenters. The number of aryl methyl sites for hydroxylation is 1. The van der Waals surface area contributed by atoms with E-state index in [4.69, 9.17) is 0 Å². The van der Waals surface area contributed by atoms with Gasteiger partial charge in [0, 0.05) is 5.56 Å². The van der Waals surface area contributed by atoms with E-state index in [0.29, 0.717) is 10.0 Å². The molecule has 0 spiro atoms. The van der Waals surface area contributed by atoms with Gasteiger partial charge in [-0.15, -0.1) is 21.5 Å². The third-order valence-electron chi connectivity index (χ3n) is 3.41. The Labute approximate surface area is 152 Å². The fraction of sp³-hybridized carbons (Fsp3) is 0.176. The highest BCUT2D eigenvalue weighted by molar-refractivity contribution is 7.18. The Balaban J connectivity index is 1.62. The number of thiophene rings is 1. The first kappa shape index (κ1) is 17.2. The van der Waals surface area contributed by atoms with Crippen LogP contribution in [0.3, 0.4) is 0 Å². The van der Waals surface area contributed by atoms with Gasteiger partial charge in [-0.2, -0.15) is 0 Å². The van der Waals surface area contributed by atoms with E-state index in [1.807, 2.05) is 36.6 Å². The van der Waals surface area contributed by atoms with E-state index in [2.05, 4.69) is 20.8 Å². The van der Waals surface area contributed by atoms with Crippen LogP contribution in [0.1, 0.15) is 22.2 Å². The van der Waals surface area contributed by atoms with Gasteiger partial charge >= 0.3 is 0 Å². The highest BCUT2D eigenvalue weighted by atomic mass is 32.1. The molecular formula is C17H16N4O2S2. The molecular weight excluding hydrogens is 356 g/mol. The summed E-state index contributed by atoms with van der Waals surface area (Å²) in [5, 5.41) is 16.4. The number of hydrogen-bond donors (Lipinski definition) is 2. The van der Waals surface area contributed by atoms with Gasteiger partial charge in [-0.3, -0.25) is 14.9 Å². The van der Waals surface area contributed by atoms with Crippen LogP contribution < -0.4 is 10.6 Å². The second kappa shape index (κ2) is 7.54. The van der Waals surface area contributed by atoms with Crippen molar-refractivity contribution in [2.24, 2.45) is 0 Å². The summed E-state index contributed by atoms with van der Waals surface area (Å²) in [6, 6.07) is 10.7. The third kappa shape index (κ3) is 4.28. The summed E-state index contributed by atoms with van der Waals surface area (Å²) in [6.07, 6.45) is 0. The minimum atomic E-state index is -0.680. The van der Waals surface area contributed by atoms with E-state index < -0.39 is 6.04 Å². The maximum Gasteiger partial charge on any atom is 0.261 e. The molecule has 0 saturated heterocycles. The number of carbonyl (C=O) groups excluding carboxylic acids is 2. The molecule has 2 N–H and O–H groups in total. The Bertz CT molecular complexity index is 890. The standard InChI is InChI=1S/C17H16N4O2S2/c1-10-5-3-6-12(9-10)16-20-21-17(25-16)19-14(22)11(2)18-15(23)13-7-4-8-24-13/h3-9,11H,1-2H3,(H,18,23)(H,19,21,22)/t11-/m1/s1. The van der Waals surface area contributed by atoms with E-state index in [9.17, 15) is 9.59 Å². The minimum Gasteiger partial charge on any atom is -0.340 e. The lowest BCUT2D eigenvalue weighted by Gasteiger charge is -2.11. The van der Waals surface area contributed by atoms with Gasteiger partial charge in [0.25, 0.3) is 5.91 Å². The van der Waals surface area contributed by atoms with Crippen LogP contribution in [0.25, 0.3) is 10.6 Å². The molecule has 0 bridgehead atoms. The lowest BCUT2D eigenvalue weighted by Crippen LogP contribution is -2.41. The Morgan fingerprint density at radius 3 is 2.72 bits per heavy atom. The quantitative estimate of drug-likeness (QED) is 0.719. The molecule has 1 aromatic carbocycles. The van der Waals surface area contributed by atoms with Crippen molar-refractivity contribution in [1.29, 1.82) is 0 Å². The van der Waals surface area contributed by atoms with Crippen LogP contribution >= 0.6 is 22.7 Å². The average molecular weight is 372 g/mol. The number of carbonyl (C=O) groups is 2. The monoisotopic (exact) mass is 372 g/mol. The van der Waals surface area contributed by atoms with Crippen molar-refractivity contribution in [3.8, 4) is 10.6 Å². The predicted molar refractivity (Wildman–Crippen MR) is 100.0 cm³/mol. The van der Waals surface area contributed by atoms with Crippen molar-refractivity contribution in [1.82, 2.24) is 15.5 Å². The van der Waals surface area contributed by atoms with Crippen molar-refractivity contribution in [2.75, 3.05) is 5.32 Å². The van der Waals surface area contributed by atoms with E-state index in [1.165, 1.54) is 22.7 Å². The molecule has 1 atom stereocenters. The van der Waals surface area contributed by atoms with E-state index in [1.54, 1.807) is 19.1 Å². The summed E-state index contributed by atoms with van der Waals surface area (Å²) in [6.45, 7) is 3.63. The van der Waals surface area contributed by atoms with Crippen LogP contribution in [0, 0.1) is 6.92 Å². The van der Waals surface area contributed by atoms with Gasteiger partial charge < -0.3 is 5.32 Å². The minimum absolute atomic E-state index is 0.268. The van der Waals surface area contributed by atoms with Crippen LogP contribution in [-0.2, 0) is 4.79 Å². The fourth-order valence-electron chi connectivity index (χ4n) is 2.12. The Morgan fingerprint density at radius 1 is 1.16 bits per heavy atom. The zero-order chi connectivity index (χ0) is 17.8. The Hall–Kier alpha value is -2.58. The van der Waals surface area contributed by atoms with Crippen molar-refractivity contribution in [2.45, 2.75) is 19.9 Å². The third-order valence-corrected chi connectivity index (χ3v) is 5.16. The van der Waals surface area contributed by atoms with Crippen molar-refractivity contribution >= 4 is 39.6 Å². The van der Waals surface area contributed by atoms with Gasteiger partial charge in [0.15, 0.2) is 0 Å². The molecule has 0 fully saturated rings. The first-order valence-electron chi connectivity index (χ1n) is 7.58. The molecule has 0 aliphatic heterocycles. The lowest BCUT2D eigenvalue weighted by molar-refractivity contribution is -0.117. The van der Waals surface area contributed by atoms with Crippen LogP contribution in [0.5, 0.6) is 0 Å². The van der Waals surface area contributed by atoms with Crippen LogP contribution in [0.2, 0.25) is 0 Å². The number of rotatable bonds is 5. The molecule has 2 amide bonds. The maximum absolute atomic E-state index is 12.2. The van der Waals surface area contributed by atoms with Gasteiger partial charge in [0.2, 0.25) is 11.0 Å². The number of anilines is 1. The van der Waals surface area contributed by atoms with E-state index in [-0.39, 0.29) is 11.8 Å². The molecule has 3 rings (SSSR count). The van der Waals surface area contributed by atoms with Crippen molar-refractivity contribution in [3.63, 3.8) is 0 Å². The molecule has 6 nitrogen and oxygen atoms in total. The van der Waals surface area contributed by atoms with E-state index >= 15 is 0 Å². The molecule has 8 heteroatoms. The molecule has 3 aromatic rings. The molecule has 128 valence electrons. The average Bonchev–Trinajstić information content (AvgIpc) is 3.26. The molecule has 0 saturated carbocycles. The second-order valence-electron chi connectivity index (χ2n) is 5.44. The molecule has 2 aromatic heterocycles. The number of nitrogens with zero attached hydrogens (tertiary/aromatic N) is 2. The molecule has 25 heavy (non-hydrogen) atoms. The Morgan fingerprint density at radius 2 is 2.00 bits per heavy atom. The SMILES string of the molecule is Cc1cccc(-c2nnc(NC(=O)[C@@H](C)NC(=O)c3cccs3)s2)c1. The summed E-state index contributed by atoms with van der Waals surface area (Å²) in [5.74, 6) is -0.604. The zero-order valence-corrected chi connectivity index (χ0v) is 15.3. The second-order valence-corrected chi connectivity index (χ2v) is 7.37. The maximum atomic E-state index is 12.2. The van der Waals surface area contributed by atoms with Crippen LogP contribution in [0.4, 0.5) is 5.13 Å². The smallest absolute Gasteiger partial charge is 0.261 e. The summed E-state index contributed by atoms with van der Waals surface area (Å²) in [7, 11) is 0. The summed E-state index contributed by atoms with van der Waals surface area (Å²) in [5.41, 5.74) is 2.08. The van der Waals surface area contributed by atoms with Gasteiger partial charge in [-0.25, -0.2) is 0 Å². The summed E-state index contributed by atoms with van der Waals surface area (Å²) in [4.78, 5) is 24.8. The summed E-state index contributed by atoms with van der Waals surface area (Å²) < 4.78 is 0. The first-order chi connectivity index (χ1) is 12.0. The highest BCUT2D eigenvalue weighted by Crippen LogP contribution is 2.26. The number of benzene rings is 1. The first-order valence-corrected chi connectivity index (χ1v) is 9.28. The van der Waals surface area contributed by atoms with E-state index in [0.717, 1.165) is 16.1 Å². The van der Waals surface area contributed by atoms with Crippen LogP contribution in [0.15, 0.2) is 41.8 Å². The van der Waals surface area contributed by atoms with Crippen LogP contribution in [-0.4, -0.2) is 28.1 Å². The number of hydrogen-bond acceptors (Lipinski definition) is 6. The van der Waals surface area contributed by atoms with Gasteiger partial charge in [0.1, 0.15) is 11.0 Å². The topological polar surface area (TPSA) is 84.0 Å². The molecule has 2 heterocycles.